The summed E-state index contributed by atoms with van der Waals surface area (Å²) in [6.07, 6.45) is -1.24. The Morgan fingerprint density at radius 3 is 2.19 bits per heavy atom. The lowest BCUT2D eigenvalue weighted by molar-refractivity contribution is 0.0276. The van der Waals surface area contributed by atoms with Crippen LogP contribution in [0.25, 0.3) is 0 Å². The Balaban J connectivity index is 1.45. The molecule has 0 aliphatic carbocycles. The summed E-state index contributed by atoms with van der Waals surface area (Å²) < 4.78 is 27.3. The van der Waals surface area contributed by atoms with Gasteiger partial charge in [-0.1, -0.05) is 25.1 Å². The van der Waals surface area contributed by atoms with Gasteiger partial charge in [-0.3, -0.25) is 9.69 Å². The van der Waals surface area contributed by atoms with E-state index < -0.39 is 12.3 Å². The van der Waals surface area contributed by atoms with Crippen molar-refractivity contribution in [1.82, 2.24) is 9.80 Å². The zero-order valence-corrected chi connectivity index (χ0v) is 24.0. The molecule has 2 heterocycles. The lowest BCUT2D eigenvalue weighted by Gasteiger charge is -2.31. The van der Waals surface area contributed by atoms with Gasteiger partial charge in [0.05, 0.1) is 20.3 Å². The Labute approximate surface area is 245 Å². The second-order valence-corrected chi connectivity index (χ2v) is 10.3. The van der Waals surface area contributed by atoms with E-state index in [2.05, 4.69) is 4.90 Å². The summed E-state index contributed by atoms with van der Waals surface area (Å²) in [4.78, 5) is 29.5. The van der Waals surface area contributed by atoms with Gasteiger partial charge in [0.2, 0.25) is 6.79 Å². The molecule has 1 saturated heterocycles. The first-order valence-corrected chi connectivity index (χ1v) is 14.0. The number of carbonyl (C=O) groups is 2. The van der Waals surface area contributed by atoms with Crippen LogP contribution in [-0.4, -0.2) is 80.3 Å². The van der Waals surface area contributed by atoms with Crippen LogP contribution in [-0.2, 0) is 4.74 Å². The van der Waals surface area contributed by atoms with Gasteiger partial charge in [0, 0.05) is 37.7 Å². The van der Waals surface area contributed by atoms with Crippen molar-refractivity contribution in [3.8, 4) is 23.0 Å². The minimum absolute atomic E-state index is 0.0645. The van der Waals surface area contributed by atoms with Crippen molar-refractivity contribution in [2.45, 2.75) is 31.4 Å². The lowest BCUT2D eigenvalue weighted by atomic mass is 9.90. The Morgan fingerprint density at radius 1 is 0.905 bits per heavy atom. The van der Waals surface area contributed by atoms with E-state index in [1.54, 1.807) is 38.5 Å². The highest BCUT2D eigenvalue weighted by Crippen LogP contribution is 2.45. The van der Waals surface area contributed by atoms with E-state index in [-0.39, 0.29) is 24.7 Å². The predicted molar refractivity (Wildman–Crippen MR) is 155 cm³/mol. The second-order valence-electron chi connectivity index (χ2n) is 10.3. The highest BCUT2D eigenvalue weighted by Gasteiger charge is 2.46. The maximum atomic E-state index is 13.5. The van der Waals surface area contributed by atoms with Crippen LogP contribution in [0.3, 0.4) is 0 Å². The number of carboxylic acid groups (broad SMARTS) is 1. The van der Waals surface area contributed by atoms with E-state index in [0.717, 1.165) is 17.5 Å². The van der Waals surface area contributed by atoms with Crippen LogP contribution >= 0.6 is 0 Å². The Bertz CT molecular complexity index is 1380. The first-order chi connectivity index (χ1) is 20.4. The van der Waals surface area contributed by atoms with Gasteiger partial charge in [-0.05, 0) is 66.1 Å². The molecule has 0 radical (unpaired) electrons. The van der Waals surface area contributed by atoms with Crippen molar-refractivity contribution < 1.29 is 38.4 Å². The highest BCUT2D eigenvalue weighted by atomic mass is 16.7. The number of ether oxygens (including phenoxy) is 5. The number of fused-ring (bicyclic) bond motifs is 1. The number of amides is 1. The standard InChI is InChI=1S/C32H36N2O8/c1-4-15-33(31(35)22-7-12-25(39-3)13-8-22)16-17-34-19-26(23-9-14-27-28(18-23)41-20-40-27)30(42-32(36)37)29(34)21-5-10-24(38-2)11-6-21/h5-14,18,26,29-30H,4,15-17,19-20H2,1-3H3,(H,36,37)/t26-,29-,30+/m1/s1. The number of likely N-dealkylation sites (tertiary alicyclic amines) is 1. The molecule has 42 heavy (non-hydrogen) atoms. The monoisotopic (exact) mass is 576 g/mol. The minimum Gasteiger partial charge on any atom is -0.497 e. The van der Waals surface area contributed by atoms with Crippen molar-refractivity contribution in [3.05, 3.63) is 83.4 Å². The fourth-order valence-corrected chi connectivity index (χ4v) is 5.78. The maximum Gasteiger partial charge on any atom is 0.506 e. The van der Waals surface area contributed by atoms with Crippen LogP contribution in [0.1, 0.15) is 46.8 Å². The van der Waals surface area contributed by atoms with Crippen LogP contribution in [0.15, 0.2) is 66.7 Å². The van der Waals surface area contributed by atoms with E-state index in [4.69, 9.17) is 23.7 Å². The summed E-state index contributed by atoms with van der Waals surface area (Å²) in [6.45, 7) is 4.26. The molecule has 5 rings (SSSR count). The molecule has 3 atom stereocenters. The first kappa shape index (κ1) is 29.1. The van der Waals surface area contributed by atoms with Gasteiger partial charge < -0.3 is 33.7 Å². The molecule has 2 aliphatic rings. The molecule has 1 N–H and O–H groups in total. The summed E-state index contributed by atoms with van der Waals surface area (Å²) in [6, 6.07) is 20.0. The molecule has 1 amide bonds. The van der Waals surface area contributed by atoms with Gasteiger partial charge >= 0.3 is 6.16 Å². The molecular weight excluding hydrogens is 540 g/mol. The smallest absolute Gasteiger partial charge is 0.497 e. The van der Waals surface area contributed by atoms with Gasteiger partial charge in [0.15, 0.2) is 11.5 Å². The third kappa shape index (κ3) is 6.23. The van der Waals surface area contributed by atoms with Gasteiger partial charge in [0.25, 0.3) is 5.91 Å². The zero-order chi connectivity index (χ0) is 29.6. The summed E-state index contributed by atoms with van der Waals surface area (Å²) in [5, 5.41) is 9.78. The highest BCUT2D eigenvalue weighted by molar-refractivity contribution is 5.94. The third-order valence-electron chi connectivity index (χ3n) is 7.83. The van der Waals surface area contributed by atoms with Crippen molar-refractivity contribution >= 4 is 12.1 Å². The van der Waals surface area contributed by atoms with Gasteiger partial charge in [0.1, 0.15) is 17.6 Å². The van der Waals surface area contributed by atoms with Gasteiger partial charge in [-0.25, -0.2) is 4.79 Å². The molecule has 1 fully saturated rings. The molecule has 0 bridgehead atoms. The molecule has 3 aromatic rings. The molecule has 0 saturated carbocycles. The van der Waals surface area contributed by atoms with E-state index in [0.29, 0.717) is 54.7 Å². The zero-order valence-electron chi connectivity index (χ0n) is 24.0. The number of hydrogen-bond acceptors (Lipinski definition) is 8. The number of hydrogen-bond donors (Lipinski definition) is 1. The molecule has 10 nitrogen and oxygen atoms in total. The fraction of sp³-hybridized carbons (Fsp3) is 0.375. The number of benzene rings is 3. The second kappa shape index (κ2) is 13.0. The van der Waals surface area contributed by atoms with E-state index in [1.165, 1.54) is 0 Å². The average molecular weight is 577 g/mol. The van der Waals surface area contributed by atoms with Crippen molar-refractivity contribution in [2.75, 3.05) is 47.2 Å². The Hall–Kier alpha value is -4.44. The van der Waals surface area contributed by atoms with E-state index in [9.17, 15) is 14.7 Å². The van der Waals surface area contributed by atoms with Crippen molar-refractivity contribution in [2.24, 2.45) is 0 Å². The summed E-state index contributed by atoms with van der Waals surface area (Å²) in [5.41, 5.74) is 2.38. The quantitative estimate of drug-likeness (QED) is 0.309. The molecule has 0 unspecified atom stereocenters. The summed E-state index contributed by atoms with van der Waals surface area (Å²) >= 11 is 0. The van der Waals surface area contributed by atoms with Crippen LogP contribution in [0.5, 0.6) is 23.0 Å². The predicted octanol–water partition coefficient (Wildman–Crippen LogP) is 5.19. The number of carbonyl (C=O) groups excluding carboxylic acids is 1. The molecule has 3 aromatic carbocycles. The molecule has 0 aromatic heterocycles. The van der Waals surface area contributed by atoms with Gasteiger partial charge in [-0.2, -0.15) is 0 Å². The third-order valence-corrected chi connectivity index (χ3v) is 7.83. The lowest BCUT2D eigenvalue weighted by Crippen LogP contribution is -2.40. The summed E-state index contributed by atoms with van der Waals surface area (Å²) in [5.74, 6) is 2.33. The molecule has 10 heteroatoms. The summed E-state index contributed by atoms with van der Waals surface area (Å²) in [7, 11) is 3.19. The number of nitrogens with zero attached hydrogens (tertiary/aromatic N) is 2. The van der Waals surface area contributed by atoms with Crippen LogP contribution in [0.4, 0.5) is 4.79 Å². The Morgan fingerprint density at radius 2 is 1.55 bits per heavy atom. The van der Waals surface area contributed by atoms with Crippen molar-refractivity contribution in [1.29, 1.82) is 0 Å². The van der Waals surface area contributed by atoms with E-state index >= 15 is 0 Å². The molecule has 222 valence electrons. The molecular formula is C32H36N2O8. The largest absolute Gasteiger partial charge is 0.506 e. The fourth-order valence-electron chi connectivity index (χ4n) is 5.78. The van der Waals surface area contributed by atoms with Crippen LogP contribution in [0.2, 0.25) is 0 Å². The average Bonchev–Trinajstić information content (AvgIpc) is 3.63. The van der Waals surface area contributed by atoms with Crippen LogP contribution in [0, 0.1) is 0 Å². The van der Waals surface area contributed by atoms with Gasteiger partial charge in [-0.15, -0.1) is 0 Å². The number of methoxy groups -OCH3 is 2. The first-order valence-electron chi connectivity index (χ1n) is 14.0. The minimum atomic E-state index is -1.34. The Kier molecular flexibility index (Phi) is 9.02. The SMILES string of the molecule is CCCN(CCN1C[C@H](c2ccc3c(c2)OCO3)[C@H](OC(=O)O)[C@H]1c1ccc(OC)cc1)C(=O)c1ccc(OC)cc1. The number of rotatable bonds is 11. The maximum absolute atomic E-state index is 13.5. The van der Waals surface area contributed by atoms with E-state index in [1.807, 2.05) is 54.3 Å². The normalized spacial score (nSPS) is 19.4. The van der Waals surface area contributed by atoms with Crippen LogP contribution < -0.4 is 18.9 Å². The molecule has 0 spiro atoms. The molecule has 2 aliphatic heterocycles. The topological polar surface area (TPSA) is 107 Å². The van der Waals surface area contributed by atoms with Crippen molar-refractivity contribution in [3.63, 3.8) is 0 Å².